The summed E-state index contributed by atoms with van der Waals surface area (Å²) in [4.78, 5) is 10.0. The maximum Gasteiger partial charge on any atom is 0.261 e. The van der Waals surface area contributed by atoms with Crippen LogP contribution in [0.25, 0.3) is 0 Å². The number of halogens is 1. The Bertz CT molecular complexity index is 1160. The molecule has 3 aromatic rings. The fourth-order valence-corrected chi connectivity index (χ4v) is 10.0. The largest absolute Gasteiger partial charge is 0.405 e. The molecule has 1 fully saturated rings. The van der Waals surface area contributed by atoms with Gasteiger partial charge in [-0.3, -0.25) is 0 Å². The zero-order valence-corrected chi connectivity index (χ0v) is 22.3. The third-order valence-electron chi connectivity index (χ3n) is 7.00. The molecule has 1 aromatic heterocycles. The number of benzene rings is 2. The molecule has 0 aliphatic carbocycles. The van der Waals surface area contributed by atoms with Crippen LogP contribution in [-0.4, -0.2) is 66.3 Å². The summed E-state index contributed by atoms with van der Waals surface area (Å²) in [6.07, 6.45) is -2.46. The Morgan fingerprint density at radius 2 is 1.64 bits per heavy atom. The minimum atomic E-state index is -2.82. The maximum atomic E-state index is 11.0. The van der Waals surface area contributed by atoms with Gasteiger partial charge >= 0.3 is 0 Å². The zero-order valence-electron chi connectivity index (χ0n) is 20.5. The molecule has 3 N–H and O–H groups in total. The highest BCUT2D eigenvalue weighted by Gasteiger charge is 2.53. The molecule has 0 unspecified atom stereocenters. The molecule has 1 saturated heterocycles. The maximum absolute atomic E-state index is 11.0. The topological polar surface area (TPSA) is 100.0 Å². The molecule has 8 nitrogen and oxygen atoms in total. The number of aromatic nitrogens is 2. The first kappa shape index (κ1) is 25.1. The molecule has 2 aliphatic heterocycles. The fraction of sp³-hybridized carbons (Fsp3) is 0.385. The molecule has 190 valence electrons. The van der Waals surface area contributed by atoms with Crippen molar-refractivity contribution >= 4 is 41.8 Å². The summed E-state index contributed by atoms with van der Waals surface area (Å²) in [7, 11) is -2.82. The number of hydrogen-bond acceptors (Lipinski definition) is 8. The summed E-state index contributed by atoms with van der Waals surface area (Å²) < 4.78 is 13.2. The van der Waals surface area contributed by atoms with E-state index in [1.807, 2.05) is 36.4 Å². The van der Waals surface area contributed by atoms with E-state index in [4.69, 9.17) is 20.8 Å². The number of nitrogens with zero attached hydrogens (tertiary/aromatic N) is 3. The highest BCUT2D eigenvalue weighted by atomic mass is 35.5. The van der Waals surface area contributed by atoms with Crippen LogP contribution in [0.15, 0.2) is 67.0 Å². The highest BCUT2D eigenvalue weighted by molar-refractivity contribution is 6.99. The van der Waals surface area contributed by atoms with E-state index in [-0.39, 0.29) is 11.6 Å². The first-order valence-electron chi connectivity index (χ1n) is 12.0. The number of aliphatic hydroxyl groups excluding tert-OH is 2. The van der Waals surface area contributed by atoms with Crippen LogP contribution in [0.4, 0.5) is 11.5 Å². The molecular formula is C26H31ClN4O4Si. The van der Waals surface area contributed by atoms with Crippen LogP contribution in [0.3, 0.4) is 0 Å². The number of anilines is 2. The van der Waals surface area contributed by atoms with Crippen molar-refractivity contribution in [2.45, 2.75) is 50.3 Å². The van der Waals surface area contributed by atoms with E-state index in [9.17, 15) is 10.2 Å². The summed E-state index contributed by atoms with van der Waals surface area (Å²) in [5.41, 5.74) is 0.580. The minimum absolute atomic E-state index is 0.126. The lowest BCUT2D eigenvalue weighted by molar-refractivity contribution is -0.0182. The second kappa shape index (κ2) is 9.73. The average Bonchev–Trinajstić information content (AvgIpc) is 3.42. The second-order valence-corrected chi connectivity index (χ2v) is 14.9. The van der Waals surface area contributed by atoms with Crippen molar-refractivity contribution < 1.29 is 19.4 Å². The van der Waals surface area contributed by atoms with E-state index < -0.39 is 32.9 Å². The molecule has 0 radical (unpaired) electrons. The number of rotatable bonds is 6. The molecular weight excluding hydrogens is 496 g/mol. The summed E-state index contributed by atoms with van der Waals surface area (Å²) in [5.74, 6) is 0.528. The van der Waals surface area contributed by atoms with E-state index in [1.165, 1.54) is 6.33 Å². The SMILES string of the molecule is CC(C)(C)[Si](OC[C@H]1O[C@@H](N2CNc3c(Cl)ncnc32)[C@H](O)[C@@H]1O)(c1ccccc1)c1ccccc1. The number of fused-ring (bicyclic) bond motifs is 1. The van der Waals surface area contributed by atoms with Crippen LogP contribution in [-0.2, 0) is 9.16 Å². The predicted octanol–water partition coefficient (Wildman–Crippen LogP) is 2.34. The van der Waals surface area contributed by atoms with Crippen LogP contribution in [0.1, 0.15) is 20.8 Å². The van der Waals surface area contributed by atoms with Gasteiger partial charge in [0, 0.05) is 0 Å². The van der Waals surface area contributed by atoms with E-state index in [1.54, 1.807) is 4.90 Å². The van der Waals surface area contributed by atoms with Crippen molar-refractivity contribution in [3.05, 3.63) is 72.1 Å². The summed E-state index contributed by atoms with van der Waals surface area (Å²) in [5, 5.41) is 27.4. The summed E-state index contributed by atoms with van der Waals surface area (Å²) in [6.45, 7) is 7.03. The molecule has 2 aliphatic rings. The molecule has 0 saturated carbocycles. The third kappa shape index (κ3) is 4.19. The van der Waals surface area contributed by atoms with Gasteiger partial charge in [0.15, 0.2) is 17.2 Å². The van der Waals surface area contributed by atoms with Gasteiger partial charge in [-0.05, 0) is 15.4 Å². The van der Waals surface area contributed by atoms with Crippen LogP contribution in [0.2, 0.25) is 10.2 Å². The molecule has 36 heavy (non-hydrogen) atoms. The molecule has 0 bridgehead atoms. The standard InChI is InChI=1S/C26H31ClN4O4Si/c1-26(2,3)36(17-10-6-4-7-11-17,18-12-8-5-9-13-18)34-14-19-21(32)22(33)25(35-19)31-16-30-20-23(27)28-15-29-24(20)31/h4-13,15,19,21-22,25,30,32-33H,14,16H2,1-3H3/t19-,21-,22-,25-/m1/s1. The molecule has 2 aromatic carbocycles. The van der Waals surface area contributed by atoms with Crippen LogP contribution >= 0.6 is 11.6 Å². The Morgan fingerprint density at radius 1 is 1.03 bits per heavy atom. The van der Waals surface area contributed by atoms with Crippen LogP contribution in [0.5, 0.6) is 0 Å². The van der Waals surface area contributed by atoms with Crippen molar-refractivity contribution in [2.24, 2.45) is 0 Å². The third-order valence-corrected chi connectivity index (χ3v) is 12.3. The van der Waals surface area contributed by atoms with Gasteiger partial charge in [0.05, 0.1) is 13.3 Å². The van der Waals surface area contributed by atoms with E-state index in [0.29, 0.717) is 23.3 Å². The normalized spacial score (nSPS) is 24.0. The predicted molar refractivity (Wildman–Crippen MR) is 142 cm³/mol. The molecule has 3 heterocycles. The first-order chi connectivity index (χ1) is 17.2. The van der Waals surface area contributed by atoms with Crippen molar-refractivity contribution in [1.82, 2.24) is 9.97 Å². The van der Waals surface area contributed by atoms with E-state index in [2.05, 4.69) is 60.3 Å². The fourth-order valence-electron chi connectivity index (χ4n) is 5.27. The van der Waals surface area contributed by atoms with Crippen LogP contribution in [0, 0.1) is 0 Å². The van der Waals surface area contributed by atoms with Crippen molar-refractivity contribution in [3.8, 4) is 0 Å². The van der Waals surface area contributed by atoms with Gasteiger partial charge in [0.25, 0.3) is 8.32 Å². The van der Waals surface area contributed by atoms with E-state index >= 15 is 0 Å². The minimum Gasteiger partial charge on any atom is -0.405 e. The monoisotopic (exact) mass is 526 g/mol. The van der Waals surface area contributed by atoms with Gasteiger partial charge in [0.2, 0.25) is 0 Å². The number of hydrogen-bond donors (Lipinski definition) is 3. The molecule has 0 spiro atoms. The number of ether oxygens (including phenoxy) is 1. The van der Waals surface area contributed by atoms with Gasteiger partial charge in [-0.1, -0.05) is 93.0 Å². The quantitative estimate of drug-likeness (QED) is 0.332. The lowest BCUT2D eigenvalue weighted by Crippen LogP contribution is -2.67. The van der Waals surface area contributed by atoms with Gasteiger partial charge in [-0.25, -0.2) is 9.97 Å². The lowest BCUT2D eigenvalue weighted by atomic mass is 10.1. The Kier molecular flexibility index (Phi) is 6.80. The zero-order chi connectivity index (χ0) is 25.5. The number of aliphatic hydroxyl groups is 2. The van der Waals surface area contributed by atoms with Crippen molar-refractivity contribution in [1.29, 1.82) is 0 Å². The molecule has 4 atom stereocenters. The van der Waals surface area contributed by atoms with Crippen molar-refractivity contribution in [2.75, 3.05) is 23.5 Å². The van der Waals surface area contributed by atoms with Crippen LogP contribution < -0.4 is 20.6 Å². The van der Waals surface area contributed by atoms with Crippen molar-refractivity contribution in [3.63, 3.8) is 0 Å². The molecule has 10 heteroatoms. The average molecular weight is 527 g/mol. The highest BCUT2D eigenvalue weighted by Crippen LogP contribution is 2.40. The van der Waals surface area contributed by atoms with Gasteiger partial charge in [0.1, 0.15) is 30.3 Å². The van der Waals surface area contributed by atoms with Gasteiger partial charge in [-0.2, -0.15) is 0 Å². The Balaban J connectivity index is 1.44. The Labute approximate surface area is 217 Å². The van der Waals surface area contributed by atoms with Gasteiger partial charge in [-0.15, -0.1) is 0 Å². The Morgan fingerprint density at radius 3 is 2.22 bits per heavy atom. The summed E-state index contributed by atoms with van der Waals surface area (Å²) >= 11 is 6.19. The first-order valence-corrected chi connectivity index (χ1v) is 14.3. The molecule has 0 amide bonds. The summed E-state index contributed by atoms with van der Waals surface area (Å²) in [6, 6.07) is 20.6. The smallest absolute Gasteiger partial charge is 0.261 e. The number of nitrogens with one attached hydrogen (secondary N) is 1. The Hall–Kier alpha value is -2.53. The van der Waals surface area contributed by atoms with E-state index in [0.717, 1.165) is 10.4 Å². The van der Waals surface area contributed by atoms with Gasteiger partial charge < -0.3 is 29.6 Å². The molecule has 5 rings (SSSR count). The second-order valence-electron chi connectivity index (χ2n) is 10.2. The lowest BCUT2D eigenvalue weighted by Gasteiger charge is -2.43.